The summed E-state index contributed by atoms with van der Waals surface area (Å²) in [5.41, 5.74) is 3.52. The molecule has 2 saturated heterocycles. The largest absolute Gasteiger partial charge is 0.392 e. The first-order chi connectivity index (χ1) is 22.4. The van der Waals surface area contributed by atoms with Crippen molar-refractivity contribution in [3.63, 3.8) is 0 Å². The van der Waals surface area contributed by atoms with Crippen molar-refractivity contribution in [1.29, 1.82) is 0 Å². The number of amides is 2. The van der Waals surface area contributed by atoms with Gasteiger partial charge in [-0.05, 0) is 42.2 Å². The van der Waals surface area contributed by atoms with Gasteiger partial charge in [0.1, 0.15) is 0 Å². The number of aromatic nitrogens is 2. The van der Waals surface area contributed by atoms with Crippen molar-refractivity contribution in [3.05, 3.63) is 83.7 Å². The van der Waals surface area contributed by atoms with Gasteiger partial charge in [-0.1, -0.05) is 49.7 Å². The molecule has 2 aliphatic rings. The maximum absolute atomic E-state index is 12.5. The monoisotopic (exact) mass is 630 g/mol. The Morgan fingerprint density at radius 1 is 0.913 bits per heavy atom. The second-order valence-corrected chi connectivity index (χ2v) is 12.1. The summed E-state index contributed by atoms with van der Waals surface area (Å²) in [6.07, 6.45) is 5.64. The Hall–Kier alpha value is -3.90. The number of aliphatic hydroxyl groups excluding tert-OH is 1. The van der Waals surface area contributed by atoms with Crippen LogP contribution in [0.4, 0.5) is 11.6 Å². The van der Waals surface area contributed by atoms with Crippen LogP contribution in [0.1, 0.15) is 68.6 Å². The number of ether oxygens (including phenoxy) is 2. The van der Waals surface area contributed by atoms with Gasteiger partial charge in [0.05, 0.1) is 18.8 Å². The van der Waals surface area contributed by atoms with E-state index in [1.54, 1.807) is 12.4 Å². The molecule has 0 aliphatic carbocycles. The first kappa shape index (κ1) is 33.5. The molecule has 11 nitrogen and oxygen atoms in total. The number of anilines is 2. The highest BCUT2D eigenvalue weighted by Gasteiger charge is 2.39. The number of nitrogens with zero attached hydrogens (tertiary/aromatic N) is 4. The third kappa shape index (κ3) is 9.32. The van der Waals surface area contributed by atoms with E-state index in [1.165, 1.54) is 6.92 Å². The standard InChI is InChI=1S/C35H46N6O5/c1-25-31(23-40-19-21-41(22-20-40)35-37-17-6-18-38-35)45-34(46-33(25)28-10-8-27(24-42)9-11-28)29-12-14-30(15-13-29)39-32(44)7-4-3-5-16-36-26(2)43/h6,8-15,17-18,25,31,33-34,42H,3-5,7,16,19-24H2,1-2H3,(H,36,43)(H,39,44). The summed E-state index contributed by atoms with van der Waals surface area (Å²) in [6, 6.07) is 17.5. The fourth-order valence-corrected chi connectivity index (χ4v) is 5.97. The number of carbonyl (C=O) groups excluding carboxylic acids is 2. The Morgan fingerprint density at radius 2 is 1.61 bits per heavy atom. The molecule has 4 atom stereocenters. The van der Waals surface area contributed by atoms with E-state index in [0.717, 1.165) is 80.3 Å². The molecule has 2 aliphatic heterocycles. The van der Waals surface area contributed by atoms with E-state index in [-0.39, 0.29) is 36.5 Å². The van der Waals surface area contributed by atoms with E-state index in [1.807, 2.05) is 54.6 Å². The van der Waals surface area contributed by atoms with Gasteiger partial charge in [-0.2, -0.15) is 0 Å². The minimum Gasteiger partial charge on any atom is -0.392 e. The lowest BCUT2D eigenvalue weighted by molar-refractivity contribution is -0.276. The summed E-state index contributed by atoms with van der Waals surface area (Å²) >= 11 is 0. The van der Waals surface area contributed by atoms with E-state index in [0.29, 0.717) is 13.0 Å². The van der Waals surface area contributed by atoms with E-state index in [4.69, 9.17) is 9.47 Å². The lowest BCUT2D eigenvalue weighted by atomic mass is 9.90. The molecule has 0 bridgehead atoms. The van der Waals surface area contributed by atoms with Crippen LogP contribution in [0.25, 0.3) is 0 Å². The topological polar surface area (TPSA) is 129 Å². The molecule has 0 saturated carbocycles. The van der Waals surface area contributed by atoms with Crippen molar-refractivity contribution >= 4 is 23.5 Å². The van der Waals surface area contributed by atoms with Crippen LogP contribution in [-0.4, -0.2) is 77.2 Å². The number of hydrogen-bond acceptors (Lipinski definition) is 9. The van der Waals surface area contributed by atoms with Gasteiger partial charge in [0.25, 0.3) is 0 Å². The third-order valence-electron chi connectivity index (χ3n) is 8.69. The number of nitrogens with one attached hydrogen (secondary N) is 2. The Kier molecular flexibility index (Phi) is 12.1. The van der Waals surface area contributed by atoms with Crippen LogP contribution in [0, 0.1) is 5.92 Å². The maximum atomic E-state index is 12.5. The molecule has 0 spiro atoms. The predicted octanol–water partition coefficient (Wildman–Crippen LogP) is 4.22. The summed E-state index contributed by atoms with van der Waals surface area (Å²) in [5.74, 6) is 0.791. The lowest BCUT2D eigenvalue weighted by Crippen LogP contribution is -2.51. The molecule has 246 valence electrons. The highest BCUT2D eigenvalue weighted by Crippen LogP contribution is 2.42. The molecule has 0 radical (unpaired) electrons. The Labute approximate surface area is 271 Å². The number of rotatable bonds is 13. The number of hydrogen-bond donors (Lipinski definition) is 3. The van der Waals surface area contributed by atoms with E-state index in [9.17, 15) is 14.7 Å². The summed E-state index contributed by atoms with van der Waals surface area (Å²) in [4.78, 5) is 36.9. The molecule has 2 fully saturated rings. The molecule has 3 aromatic rings. The number of carbonyl (C=O) groups is 2. The van der Waals surface area contributed by atoms with E-state index < -0.39 is 6.29 Å². The molecule has 46 heavy (non-hydrogen) atoms. The quantitative estimate of drug-likeness (QED) is 0.238. The summed E-state index contributed by atoms with van der Waals surface area (Å²) in [7, 11) is 0. The summed E-state index contributed by atoms with van der Waals surface area (Å²) in [5, 5.41) is 15.3. The van der Waals surface area contributed by atoms with Crippen molar-refractivity contribution in [1.82, 2.24) is 20.2 Å². The minimum atomic E-state index is -0.573. The van der Waals surface area contributed by atoms with Crippen molar-refractivity contribution in [3.8, 4) is 0 Å². The molecule has 4 unspecified atom stereocenters. The van der Waals surface area contributed by atoms with Gasteiger partial charge in [0.2, 0.25) is 17.8 Å². The van der Waals surface area contributed by atoms with Crippen LogP contribution in [-0.2, 0) is 25.7 Å². The van der Waals surface area contributed by atoms with Crippen molar-refractivity contribution in [2.75, 3.05) is 49.5 Å². The van der Waals surface area contributed by atoms with E-state index >= 15 is 0 Å². The molecule has 5 rings (SSSR count). The maximum Gasteiger partial charge on any atom is 0.225 e. The van der Waals surface area contributed by atoms with Crippen LogP contribution in [0.15, 0.2) is 67.0 Å². The van der Waals surface area contributed by atoms with Crippen molar-refractivity contribution < 1.29 is 24.2 Å². The number of unbranched alkanes of at least 4 members (excludes halogenated alkanes) is 2. The zero-order valence-electron chi connectivity index (χ0n) is 26.8. The average Bonchev–Trinajstić information content (AvgIpc) is 3.08. The van der Waals surface area contributed by atoms with Gasteiger partial charge < -0.3 is 30.1 Å². The molecule has 11 heteroatoms. The molecular formula is C35H46N6O5. The fourth-order valence-electron chi connectivity index (χ4n) is 5.97. The second-order valence-electron chi connectivity index (χ2n) is 12.1. The van der Waals surface area contributed by atoms with Crippen LogP contribution in [0.3, 0.4) is 0 Å². The average molecular weight is 631 g/mol. The van der Waals surface area contributed by atoms with Gasteiger partial charge in [-0.15, -0.1) is 0 Å². The lowest BCUT2D eigenvalue weighted by Gasteiger charge is -2.44. The van der Waals surface area contributed by atoms with Gasteiger partial charge in [-0.3, -0.25) is 14.5 Å². The minimum absolute atomic E-state index is 0.00277. The molecule has 2 aromatic carbocycles. The molecule has 2 amide bonds. The normalized spacial score (nSPS) is 21.9. The van der Waals surface area contributed by atoms with Gasteiger partial charge in [0, 0.05) is 82.2 Å². The SMILES string of the molecule is CC(=O)NCCCCCC(=O)Nc1ccc(C2OC(CN3CCN(c4ncccn4)CC3)C(C)C(c3ccc(CO)cc3)O2)cc1. The van der Waals surface area contributed by atoms with Crippen LogP contribution >= 0.6 is 0 Å². The molecule has 1 aromatic heterocycles. The number of aliphatic hydroxyl groups is 1. The van der Waals surface area contributed by atoms with Gasteiger partial charge >= 0.3 is 0 Å². The first-order valence-electron chi connectivity index (χ1n) is 16.3. The second kappa shape index (κ2) is 16.6. The smallest absolute Gasteiger partial charge is 0.225 e. The van der Waals surface area contributed by atoms with Crippen LogP contribution < -0.4 is 15.5 Å². The Bertz CT molecular complexity index is 1380. The van der Waals surface area contributed by atoms with Gasteiger partial charge in [-0.25, -0.2) is 9.97 Å². The fraction of sp³-hybridized carbons (Fsp3) is 0.486. The van der Waals surface area contributed by atoms with E-state index in [2.05, 4.69) is 37.3 Å². The summed E-state index contributed by atoms with van der Waals surface area (Å²) < 4.78 is 13.3. The zero-order chi connectivity index (χ0) is 32.3. The van der Waals surface area contributed by atoms with Crippen molar-refractivity contribution in [2.24, 2.45) is 5.92 Å². The number of piperazine rings is 1. The molecule has 3 heterocycles. The zero-order valence-corrected chi connectivity index (χ0v) is 26.8. The highest BCUT2D eigenvalue weighted by atomic mass is 16.7. The number of benzene rings is 2. The van der Waals surface area contributed by atoms with Crippen molar-refractivity contribution in [2.45, 2.75) is 64.6 Å². The Morgan fingerprint density at radius 3 is 2.28 bits per heavy atom. The summed E-state index contributed by atoms with van der Waals surface area (Å²) in [6.45, 7) is 8.56. The molecular weight excluding hydrogens is 584 g/mol. The van der Waals surface area contributed by atoms with Crippen LogP contribution in [0.5, 0.6) is 0 Å². The highest BCUT2D eigenvalue weighted by molar-refractivity contribution is 5.90. The molecule has 3 N–H and O–H groups in total. The first-order valence-corrected chi connectivity index (χ1v) is 16.3. The van der Waals surface area contributed by atoms with Gasteiger partial charge in [0.15, 0.2) is 6.29 Å². The Balaban J connectivity index is 1.21. The third-order valence-corrected chi connectivity index (χ3v) is 8.69. The van der Waals surface area contributed by atoms with Crippen LogP contribution in [0.2, 0.25) is 0 Å². The predicted molar refractivity (Wildman–Crippen MR) is 176 cm³/mol.